The fraction of sp³-hybridized carbons (Fsp3) is 0.882. The van der Waals surface area contributed by atoms with E-state index >= 15 is 0 Å². The van der Waals surface area contributed by atoms with Gasteiger partial charge in [0.15, 0.2) is 0 Å². The molecule has 6 N–H and O–H groups in total. The first-order valence-electron chi connectivity index (χ1n) is 18.8. The lowest BCUT2D eigenvalue weighted by molar-refractivity contribution is -0.123. The van der Waals surface area contributed by atoms with Crippen molar-refractivity contribution in [1.82, 2.24) is 30.6 Å². The molecule has 16 nitrogen and oxygen atoms in total. The molecule has 284 valence electrons. The number of piperazine rings is 2. The normalized spacial score (nSPS) is 33.3. The average Bonchev–Trinajstić information content (AvgIpc) is 3.06. The number of amides is 4. The summed E-state index contributed by atoms with van der Waals surface area (Å²) in [6.07, 6.45) is 9.17. The van der Waals surface area contributed by atoms with Crippen molar-refractivity contribution in [3.63, 3.8) is 0 Å². The lowest BCUT2D eigenvalue weighted by Gasteiger charge is -2.38. The maximum atomic E-state index is 12.9. The maximum Gasteiger partial charge on any atom is 0.426 e. The summed E-state index contributed by atoms with van der Waals surface area (Å²) in [6.45, 7) is 7.33. The van der Waals surface area contributed by atoms with Crippen LogP contribution in [0.2, 0.25) is 0 Å². The van der Waals surface area contributed by atoms with Crippen molar-refractivity contribution >= 4 is 24.4 Å². The van der Waals surface area contributed by atoms with Gasteiger partial charge in [0, 0.05) is 49.3 Å². The number of rotatable bonds is 6. The molecule has 2 aliphatic heterocycles. The summed E-state index contributed by atoms with van der Waals surface area (Å²) in [5.41, 5.74) is 11.4. The minimum atomic E-state index is -0.471. The molecule has 0 radical (unpaired) electrons. The fourth-order valence-electron chi connectivity index (χ4n) is 7.61. The number of hydroxylamine groups is 4. The van der Waals surface area contributed by atoms with E-state index in [4.69, 9.17) is 30.6 Å². The van der Waals surface area contributed by atoms with E-state index in [2.05, 4.69) is 10.6 Å². The van der Waals surface area contributed by atoms with Gasteiger partial charge in [0.2, 0.25) is 0 Å². The number of ether oxygens (including phenoxy) is 2. The van der Waals surface area contributed by atoms with Crippen molar-refractivity contribution in [2.75, 3.05) is 52.4 Å². The molecule has 2 saturated heterocycles. The summed E-state index contributed by atoms with van der Waals surface area (Å²) in [6, 6.07) is 0.384. The van der Waals surface area contributed by atoms with E-state index in [1.807, 2.05) is 13.8 Å². The van der Waals surface area contributed by atoms with Crippen LogP contribution in [0.3, 0.4) is 0 Å². The highest BCUT2D eigenvalue weighted by atomic mass is 16.7. The number of hydrogen-bond donors (Lipinski definition) is 4. The average molecular weight is 709 g/mol. The van der Waals surface area contributed by atoms with Gasteiger partial charge in [-0.3, -0.25) is 0 Å². The minimum absolute atomic E-state index is 0.188. The monoisotopic (exact) mass is 708 g/mol. The van der Waals surface area contributed by atoms with Crippen LogP contribution in [0.25, 0.3) is 0 Å². The second kappa shape index (κ2) is 17.4. The van der Waals surface area contributed by atoms with Crippen LogP contribution in [0, 0.1) is 0 Å². The van der Waals surface area contributed by atoms with Crippen LogP contribution < -0.4 is 22.1 Å². The first-order chi connectivity index (χ1) is 23.9. The van der Waals surface area contributed by atoms with Gasteiger partial charge in [0.1, 0.15) is 12.2 Å². The lowest BCUT2D eigenvalue weighted by Crippen LogP contribution is -2.54. The van der Waals surface area contributed by atoms with Crippen LogP contribution in [0.5, 0.6) is 0 Å². The zero-order chi connectivity index (χ0) is 35.7. The van der Waals surface area contributed by atoms with Crippen LogP contribution >= 0.6 is 0 Å². The second-order valence-electron chi connectivity index (χ2n) is 15.5. The Kier molecular flexibility index (Phi) is 13.3. The second-order valence-corrected chi connectivity index (χ2v) is 15.5. The topological polar surface area (TPSA) is 194 Å². The zero-order valence-corrected chi connectivity index (χ0v) is 30.1. The molecule has 0 spiro atoms. The molecule has 5 aliphatic rings. The van der Waals surface area contributed by atoms with Gasteiger partial charge < -0.3 is 51.0 Å². The number of carbonyl (C=O) groups is 4. The summed E-state index contributed by atoms with van der Waals surface area (Å²) in [7, 11) is 0. The Bertz CT molecular complexity index is 1050. The summed E-state index contributed by atoms with van der Waals surface area (Å²) >= 11 is 0. The molecule has 4 amide bonds. The molecule has 3 aliphatic carbocycles. The van der Waals surface area contributed by atoms with Gasteiger partial charge in [-0.15, -0.1) is 10.1 Å². The molecule has 16 heteroatoms. The Hall–Kier alpha value is -3.08. The third-order valence-electron chi connectivity index (χ3n) is 11.1. The summed E-state index contributed by atoms with van der Waals surface area (Å²) < 4.78 is 11.8. The Balaban J connectivity index is 0.929. The van der Waals surface area contributed by atoms with Gasteiger partial charge in [-0.05, 0) is 104 Å². The van der Waals surface area contributed by atoms with Crippen molar-refractivity contribution in [3.05, 3.63) is 0 Å². The van der Waals surface area contributed by atoms with E-state index in [-0.39, 0.29) is 47.6 Å². The van der Waals surface area contributed by atoms with E-state index in [1.165, 1.54) is 0 Å². The molecule has 0 aromatic carbocycles. The SMILES string of the molecule is CC1(NC(=O)ON2CCN(C(=O)OC3CCCC(OC(=O)N4CCN(OC(=O)NC5(C)CCC(N)CC5)CC4)CCC3)CC2)CCC(N)CC1. The molecule has 0 atom stereocenters. The van der Waals surface area contributed by atoms with E-state index in [1.54, 1.807) is 19.9 Å². The highest BCUT2D eigenvalue weighted by Crippen LogP contribution is 2.29. The van der Waals surface area contributed by atoms with Crippen LogP contribution in [-0.2, 0) is 19.1 Å². The molecule has 0 unspecified atom stereocenters. The fourth-order valence-corrected chi connectivity index (χ4v) is 7.61. The standard InChI is InChI=1S/C34H60N8O8/c1-33(13-9-25(35)10-14-33)37-29(43)49-41-21-17-39(18-22-41)31(45)47-27-5-3-7-28(8-4-6-27)48-32(46)40-19-23-42(24-20-40)50-30(44)38-34(2)15-11-26(36)12-16-34/h25-28H,3-24,35-36H2,1-2H3,(H,37,43)(H,38,44). The van der Waals surface area contributed by atoms with Gasteiger partial charge in [0.25, 0.3) is 0 Å². The van der Waals surface area contributed by atoms with E-state index in [0.29, 0.717) is 78.0 Å². The molecule has 2 heterocycles. The summed E-state index contributed by atoms with van der Waals surface area (Å²) in [5, 5.41) is 9.18. The van der Waals surface area contributed by atoms with E-state index < -0.39 is 12.2 Å². The molecular formula is C34H60N8O8. The molecule has 0 aromatic heterocycles. The van der Waals surface area contributed by atoms with Crippen LogP contribution in [0.15, 0.2) is 0 Å². The van der Waals surface area contributed by atoms with Gasteiger partial charge >= 0.3 is 24.4 Å². The van der Waals surface area contributed by atoms with Gasteiger partial charge in [-0.2, -0.15) is 0 Å². The summed E-state index contributed by atoms with van der Waals surface area (Å²) in [4.78, 5) is 65.3. The predicted octanol–water partition coefficient (Wildman–Crippen LogP) is 3.19. The van der Waals surface area contributed by atoms with Gasteiger partial charge in [-0.25, -0.2) is 19.2 Å². The Morgan fingerprint density at radius 2 is 0.860 bits per heavy atom. The van der Waals surface area contributed by atoms with Crippen molar-refractivity contribution in [3.8, 4) is 0 Å². The minimum Gasteiger partial charge on any atom is -0.446 e. The molecule has 0 bridgehead atoms. The largest absolute Gasteiger partial charge is 0.446 e. The first kappa shape index (κ1) is 38.2. The highest BCUT2D eigenvalue weighted by Gasteiger charge is 2.35. The Morgan fingerprint density at radius 3 is 1.18 bits per heavy atom. The zero-order valence-electron chi connectivity index (χ0n) is 30.1. The van der Waals surface area contributed by atoms with Gasteiger partial charge in [-0.1, -0.05) is 0 Å². The third kappa shape index (κ3) is 11.5. The molecule has 0 aromatic rings. The molecule has 3 saturated carbocycles. The van der Waals surface area contributed by atoms with E-state index in [0.717, 1.165) is 64.2 Å². The van der Waals surface area contributed by atoms with E-state index in [9.17, 15) is 19.2 Å². The molecule has 50 heavy (non-hydrogen) atoms. The van der Waals surface area contributed by atoms with Crippen molar-refractivity contribution < 1.29 is 38.3 Å². The van der Waals surface area contributed by atoms with Crippen LogP contribution in [-0.4, -0.2) is 132 Å². The van der Waals surface area contributed by atoms with Crippen LogP contribution in [0.1, 0.15) is 104 Å². The first-order valence-corrected chi connectivity index (χ1v) is 18.8. The molecular weight excluding hydrogens is 648 g/mol. The van der Waals surface area contributed by atoms with Crippen molar-refractivity contribution in [1.29, 1.82) is 0 Å². The molecule has 5 rings (SSSR count). The number of nitrogens with two attached hydrogens (primary N) is 2. The van der Waals surface area contributed by atoms with Gasteiger partial charge in [0.05, 0.1) is 26.2 Å². The number of carbonyl (C=O) groups excluding carboxylic acids is 4. The highest BCUT2D eigenvalue weighted by molar-refractivity contribution is 5.69. The van der Waals surface area contributed by atoms with Crippen LogP contribution in [0.4, 0.5) is 19.2 Å². The third-order valence-corrected chi connectivity index (χ3v) is 11.1. The number of nitrogens with one attached hydrogen (secondary N) is 2. The smallest absolute Gasteiger partial charge is 0.426 e. The predicted molar refractivity (Wildman–Crippen MR) is 183 cm³/mol. The Morgan fingerprint density at radius 1 is 0.540 bits per heavy atom. The maximum absolute atomic E-state index is 12.9. The summed E-state index contributed by atoms with van der Waals surface area (Å²) in [5.74, 6) is 0. The Labute approximate surface area is 296 Å². The van der Waals surface area contributed by atoms with Crippen molar-refractivity contribution in [2.24, 2.45) is 11.5 Å². The number of nitrogens with zero attached hydrogens (tertiary/aromatic N) is 4. The van der Waals surface area contributed by atoms with Crippen molar-refractivity contribution in [2.45, 2.75) is 139 Å². The quantitative estimate of drug-likeness (QED) is 0.315. The number of hydrogen-bond acceptors (Lipinski definition) is 12. The lowest BCUT2D eigenvalue weighted by atomic mass is 9.81. The molecule has 5 fully saturated rings.